The van der Waals surface area contributed by atoms with Gasteiger partial charge in [-0.1, -0.05) is 6.07 Å². The quantitative estimate of drug-likeness (QED) is 0.659. The van der Waals surface area contributed by atoms with Crippen molar-refractivity contribution >= 4 is 20.9 Å². The van der Waals surface area contributed by atoms with Gasteiger partial charge in [0.1, 0.15) is 5.82 Å². The molecule has 4 rings (SSSR count). The maximum Gasteiger partial charge on any atom is 0.261 e. The summed E-state index contributed by atoms with van der Waals surface area (Å²) in [6.07, 6.45) is 2.46. The van der Waals surface area contributed by atoms with Crippen LogP contribution in [0.2, 0.25) is 0 Å². The van der Waals surface area contributed by atoms with Gasteiger partial charge in [0.15, 0.2) is 0 Å². The lowest BCUT2D eigenvalue weighted by Gasteiger charge is -2.32. The van der Waals surface area contributed by atoms with Gasteiger partial charge in [-0.05, 0) is 62.1 Å². The van der Waals surface area contributed by atoms with Crippen LogP contribution in [0.15, 0.2) is 52.4 Å². The molecule has 2 aromatic carbocycles. The topological polar surface area (TPSA) is 72.3 Å². The Morgan fingerprint density at radius 3 is 2.45 bits per heavy atom. The van der Waals surface area contributed by atoms with Crippen molar-refractivity contribution in [2.45, 2.75) is 37.6 Å². The summed E-state index contributed by atoms with van der Waals surface area (Å²) < 4.78 is 42.3. The first kappa shape index (κ1) is 19.7. The van der Waals surface area contributed by atoms with Gasteiger partial charge >= 0.3 is 0 Å². The fourth-order valence-corrected chi connectivity index (χ4v) is 5.31. The molecule has 1 saturated heterocycles. The van der Waals surface area contributed by atoms with Crippen LogP contribution < -0.4 is 5.56 Å². The molecule has 1 aliphatic rings. The van der Waals surface area contributed by atoms with E-state index in [0.29, 0.717) is 41.7 Å². The lowest BCUT2D eigenvalue weighted by atomic mass is 10.1. The fourth-order valence-electron chi connectivity index (χ4n) is 3.75. The van der Waals surface area contributed by atoms with Gasteiger partial charge in [0.25, 0.3) is 5.56 Å². The number of aryl methyl sites for hydroxylation is 2. The van der Waals surface area contributed by atoms with E-state index in [4.69, 9.17) is 0 Å². The van der Waals surface area contributed by atoms with Crippen LogP contribution in [0, 0.1) is 19.7 Å². The predicted molar refractivity (Wildman–Crippen MR) is 109 cm³/mol. The summed E-state index contributed by atoms with van der Waals surface area (Å²) in [6.45, 7) is 4.49. The number of benzene rings is 2. The average Bonchev–Trinajstić information content (AvgIpc) is 2.70. The Kier molecular flexibility index (Phi) is 5.00. The minimum atomic E-state index is -3.57. The maximum atomic E-state index is 13.4. The molecule has 6 nitrogen and oxygen atoms in total. The summed E-state index contributed by atoms with van der Waals surface area (Å²) in [5.41, 5.74) is 2.07. The zero-order valence-electron chi connectivity index (χ0n) is 16.3. The number of aromatic nitrogens is 2. The standard InChI is InChI=1S/C21H22FN3O3S/c1-14-3-5-18(11-15(14)2)29(27,28)24-9-7-17(8-10-24)25-13-23-20-12-16(22)4-6-19(20)21(25)26/h3-6,11-13,17H,7-10H2,1-2H3. The first-order chi connectivity index (χ1) is 13.8. The van der Waals surface area contributed by atoms with Crippen LogP contribution >= 0.6 is 0 Å². The molecular weight excluding hydrogens is 393 g/mol. The SMILES string of the molecule is Cc1ccc(S(=O)(=O)N2CCC(n3cnc4cc(F)ccc4c3=O)CC2)cc1C. The third-order valence-corrected chi connectivity index (χ3v) is 7.57. The van der Waals surface area contributed by atoms with Crippen molar-refractivity contribution in [1.82, 2.24) is 13.9 Å². The molecule has 0 atom stereocenters. The van der Waals surface area contributed by atoms with Gasteiger partial charge in [-0.2, -0.15) is 4.31 Å². The van der Waals surface area contributed by atoms with Gasteiger partial charge < -0.3 is 0 Å². The molecule has 0 radical (unpaired) electrons. The van der Waals surface area contributed by atoms with E-state index in [0.717, 1.165) is 11.1 Å². The fraction of sp³-hybridized carbons (Fsp3) is 0.333. The molecule has 152 valence electrons. The van der Waals surface area contributed by atoms with E-state index in [1.54, 1.807) is 16.7 Å². The predicted octanol–water partition coefficient (Wildman–Crippen LogP) is 3.18. The number of rotatable bonds is 3. The molecule has 0 bridgehead atoms. The van der Waals surface area contributed by atoms with Crippen molar-refractivity contribution in [3.8, 4) is 0 Å². The van der Waals surface area contributed by atoms with Crippen molar-refractivity contribution in [3.63, 3.8) is 0 Å². The van der Waals surface area contributed by atoms with Gasteiger partial charge in [0.2, 0.25) is 10.0 Å². The number of piperidine rings is 1. The lowest BCUT2D eigenvalue weighted by Crippen LogP contribution is -2.40. The zero-order chi connectivity index (χ0) is 20.8. The molecule has 0 spiro atoms. The van der Waals surface area contributed by atoms with Crippen molar-refractivity contribution in [3.05, 3.63) is 70.0 Å². The molecule has 0 amide bonds. The second-order valence-corrected chi connectivity index (χ2v) is 9.44. The summed E-state index contributed by atoms with van der Waals surface area (Å²) in [5.74, 6) is -0.438. The summed E-state index contributed by atoms with van der Waals surface area (Å²) in [6, 6.07) is 8.94. The molecule has 29 heavy (non-hydrogen) atoms. The second-order valence-electron chi connectivity index (χ2n) is 7.50. The van der Waals surface area contributed by atoms with E-state index in [1.807, 2.05) is 19.9 Å². The van der Waals surface area contributed by atoms with Crippen LogP contribution in [0.3, 0.4) is 0 Å². The second kappa shape index (κ2) is 7.35. The number of fused-ring (bicyclic) bond motifs is 1. The smallest absolute Gasteiger partial charge is 0.261 e. The van der Waals surface area contributed by atoms with Crippen LogP contribution in [0.25, 0.3) is 10.9 Å². The summed E-state index contributed by atoms with van der Waals surface area (Å²) >= 11 is 0. The molecule has 8 heteroatoms. The molecule has 0 aliphatic carbocycles. The minimum Gasteiger partial charge on any atom is -0.296 e. The Hall–Kier alpha value is -2.58. The Morgan fingerprint density at radius 2 is 1.76 bits per heavy atom. The highest BCUT2D eigenvalue weighted by Gasteiger charge is 2.30. The number of sulfonamides is 1. The highest BCUT2D eigenvalue weighted by atomic mass is 32.2. The third-order valence-electron chi connectivity index (χ3n) is 5.68. The van der Waals surface area contributed by atoms with Crippen LogP contribution in [0.5, 0.6) is 0 Å². The number of hydrogen-bond acceptors (Lipinski definition) is 4. The highest BCUT2D eigenvalue weighted by Crippen LogP contribution is 2.27. The molecule has 1 aromatic heterocycles. The monoisotopic (exact) mass is 415 g/mol. The summed E-state index contributed by atoms with van der Waals surface area (Å²) in [4.78, 5) is 17.3. The zero-order valence-corrected chi connectivity index (χ0v) is 17.1. The molecule has 0 unspecified atom stereocenters. The van der Waals surface area contributed by atoms with Crippen molar-refractivity contribution in [2.75, 3.05) is 13.1 Å². The molecule has 1 fully saturated rings. The van der Waals surface area contributed by atoms with Gasteiger partial charge in [0, 0.05) is 25.2 Å². The molecule has 3 aromatic rings. The maximum absolute atomic E-state index is 13.4. The molecule has 0 N–H and O–H groups in total. The van der Waals surface area contributed by atoms with E-state index in [9.17, 15) is 17.6 Å². The van der Waals surface area contributed by atoms with E-state index < -0.39 is 15.8 Å². The first-order valence-corrected chi connectivity index (χ1v) is 11.0. The van der Waals surface area contributed by atoms with Crippen LogP contribution in [-0.2, 0) is 10.0 Å². The van der Waals surface area contributed by atoms with Crippen LogP contribution in [0.1, 0.15) is 30.0 Å². The van der Waals surface area contributed by atoms with Crippen molar-refractivity contribution in [1.29, 1.82) is 0 Å². The number of hydrogen-bond donors (Lipinski definition) is 0. The minimum absolute atomic E-state index is 0.143. The number of nitrogens with zero attached hydrogens (tertiary/aromatic N) is 3. The van der Waals surface area contributed by atoms with Crippen LogP contribution in [-0.4, -0.2) is 35.4 Å². The van der Waals surface area contributed by atoms with Gasteiger partial charge in [-0.3, -0.25) is 9.36 Å². The van der Waals surface area contributed by atoms with Crippen molar-refractivity contribution < 1.29 is 12.8 Å². The van der Waals surface area contributed by atoms with E-state index >= 15 is 0 Å². The molecular formula is C21H22FN3O3S. The third kappa shape index (κ3) is 3.58. The Labute approximate surface area is 168 Å². The van der Waals surface area contributed by atoms with Gasteiger partial charge in [-0.25, -0.2) is 17.8 Å². The summed E-state index contributed by atoms with van der Waals surface area (Å²) in [5, 5.41) is 0.360. The molecule has 1 aliphatic heterocycles. The lowest BCUT2D eigenvalue weighted by molar-refractivity contribution is 0.269. The van der Waals surface area contributed by atoms with E-state index in [-0.39, 0.29) is 11.6 Å². The van der Waals surface area contributed by atoms with Crippen LogP contribution in [0.4, 0.5) is 4.39 Å². The van der Waals surface area contributed by atoms with Gasteiger partial charge in [-0.15, -0.1) is 0 Å². The summed E-state index contributed by atoms with van der Waals surface area (Å²) in [7, 11) is -3.57. The normalized spacial score (nSPS) is 16.4. The van der Waals surface area contributed by atoms with Gasteiger partial charge in [0.05, 0.1) is 22.1 Å². The Bertz CT molecular complexity index is 1250. The highest BCUT2D eigenvalue weighted by molar-refractivity contribution is 7.89. The Morgan fingerprint density at radius 1 is 1.03 bits per heavy atom. The number of halogens is 1. The molecule has 2 heterocycles. The van der Waals surface area contributed by atoms with E-state index in [1.165, 1.54) is 28.8 Å². The molecule has 0 saturated carbocycles. The first-order valence-electron chi connectivity index (χ1n) is 9.51. The van der Waals surface area contributed by atoms with Crippen molar-refractivity contribution in [2.24, 2.45) is 0 Å². The average molecular weight is 415 g/mol. The largest absolute Gasteiger partial charge is 0.296 e. The van der Waals surface area contributed by atoms with E-state index in [2.05, 4.69) is 4.98 Å². The Balaban J connectivity index is 1.56.